The monoisotopic (exact) mass is 349 g/mol. The number of amides is 1. The number of fused-ring (bicyclic) bond motifs is 1. The van der Waals surface area contributed by atoms with Crippen LogP contribution in [0, 0.1) is 25.7 Å². The maximum atomic E-state index is 12.8. The molecule has 3 heterocycles. The zero-order valence-electron chi connectivity index (χ0n) is 13.8. The number of carboxylic acids is 1. The van der Waals surface area contributed by atoms with Gasteiger partial charge in [-0.2, -0.15) is 0 Å². The number of aromatic nitrogens is 2. The molecule has 0 saturated carbocycles. The Kier molecular flexibility index (Phi) is 4.16. The van der Waals surface area contributed by atoms with E-state index in [1.807, 2.05) is 20.8 Å². The van der Waals surface area contributed by atoms with Gasteiger partial charge in [0.15, 0.2) is 4.96 Å². The van der Waals surface area contributed by atoms with Crippen molar-refractivity contribution in [1.29, 1.82) is 0 Å². The Morgan fingerprint density at radius 3 is 2.71 bits per heavy atom. The van der Waals surface area contributed by atoms with Crippen molar-refractivity contribution in [2.45, 2.75) is 27.2 Å². The van der Waals surface area contributed by atoms with E-state index >= 15 is 0 Å². The van der Waals surface area contributed by atoms with Crippen molar-refractivity contribution in [2.75, 3.05) is 13.1 Å². The molecule has 1 fully saturated rings. The number of nitrogens with zero attached hydrogens (tertiary/aromatic N) is 3. The summed E-state index contributed by atoms with van der Waals surface area (Å²) in [4.78, 5) is 44.0. The Balaban J connectivity index is 1.99. The van der Waals surface area contributed by atoms with Crippen LogP contribution in [0.4, 0.5) is 0 Å². The maximum absolute atomic E-state index is 12.8. The van der Waals surface area contributed by atoms with Crippen LogP contribution in [0.2, 0.25) is 0 Å². The highest BCUT2D eigenvalue weighted by Gasteiger charge is 2.33. The van der Waals surface area contributed by atoms with E-state index in [0.717, 1.165) is 10.6 Å². The Hall–Kier alpha value is -2.22. The van der Waals surface area contributed by atoms with Crippen molar-refractivity contribution < 1.29 is 14.7 Å². The molecule has 1 saturated heterocycles. The second-order valence-corrected chi connectivity index (χ2v) is 7.61. The van der Waals surface area contributed by atoms with Crippen molar-refractivity contribution in [3.8, 4) is 0 Å². The fraction of sp³-hybridized carbons (Fsp3) is 0.500. The van der Waals surface area contributed by atoms with Crippen LogP contribution >= 0.6 is 11.3 Å². The van der Waals surface area contributed by atoms with Gasteiger partial charge < -0.3 is 10.0 Å². The summed E-state index contributed by atoms with van der Waals surface area (Å²) in [6, 6.07) is 0. The first kappa shape index (κ1) is 16.6. The average molecular weight is 349 g/mol. The van der Waals surface area contributed by atoms with E-state index < -0.39 is 23.4 Å². The summed E-state index contributed by atoms with van der Waals surface area (Å²) in [6.07, 6.45) is 1.85. The zero-order chi connectivity index (χ0) is 17.6. The van der Waals surface area contributed by atoms with Gasteiger partial charge in [-0.25, -0.2) is 4.98 Å². The summed E-state index contributed by atoms with van der Waals surface area (Å²) in [7, 11) is 0. The lowest BCUT2D eigenvalue weighted by Crippen LogP contribution is -2.47. The van der Waals surface area contributed by atoms with Crippen LogP contribution in [-0.4, -0.2) is 44.4 Å². The molecule has 1 aliphatic rings. The van der Waals surface area contributed by atoms with Crippen LogP contribution < -0.4 is 5.56 Å². The summed E-state index contributed by atoms with van der Waals surface area (Å²) in [6.45, 7) is 6.21. The Bertz CT molecular complexity index is 885. The van der Waals surface area contributed by atoms with Crippen LogP contribution in [0.1, 0.15) is 34.3 Å². The van der Waals surface area contributed by atoms with Gasteiger partial charge in [0, 0.05) is 29.9 Å². The van der Waals surface area contributed by atoms with E-state index in [1.54, 1.807) is 0 Å². The Labute approximate surface area is 142 Å². The zero-order valence-corrected chi connectivity index (χ0v) is 14.6. The molecule has 24 heavy (non-hydrogen) atoms. The number of thiazole rings is 1. The first-order chi connectivity index (χ1) is 11.3. The number of carbonyl (C=O) groups excluding carboxylic acids is 1. The van der Waals surface area contributed by atoms with Gasteiger partial charge in [-0.05, 0) is 26.2 Å². The van der Waals surface area contributed by atoms with Crippen LogP contribution in [-0.2, 0) is 4.79 Å². The number of likely N-dealkylation sites (tertiary alicyclic amines) is 1. The van der Waals surface area contributed by atoms with Gasteiger partial charge in [-0.15, -0.1) is 11.3 Å². The summed E-state index contributed by atoms with van der Waals surface area (Å²) in [5.41, 5.74) is 0.376. The third kappa shape index (κ3) is 2.71. The Morgan fingerprint density at radius 2 is 2.04 bits per heavy atom. The number of hydrogen-bond donors (Lipinski definition) is 1. The van der Waals surface area contributed by atoms with Crippen LogP contribution in [0.15, 0.2) is 11.0 Å². The van der Waals surface area contributed by atoms with Crippen molar-refractivity contribution in [2.24, 2.45) is 11.8 Å². The first-order valence-corrected chi connectivity index (χ1v) is 8.61. The number of carboxylic acid groups (broad SMARTS) is 1. The third-order valence-electron chi connectivity index (χ3n) is 4.54. The molecule has 0 spiro atoms. The topological polar surface area (TPSA) is 92.0 Å². The molecule has 128 valence electrons. The quantitative estimate of drug-likeness (QED) is 0.888. The summed E-state index contributed by atoms with van der Waals surface area (Å²) in [5.74, 6) is -1.87. The number of aliphatic carboxylic acids is 1. The Morgan fingerprint density at radius 1 is 1.33 bits per heavy atom. The van der Waals surface area contributed by atoms with Crippen LogP contribution in [0.3, 0.4) is 0 Å². The van der Waals surface area contributed by atoms with Crippen molar-refractivity contribution in [3.05, 3.63) is 32.7 Å². The molecule has 8 heteroatoms. The third-order valence-corrected chi connectivity index (χ3v) is 5.62. The van der Waals surface area contributed by atoms with Crippen LogP contribution in [0.5, 0.6) is 0 Å². The highest BCUT2D eigenvalue weighted by atomic mass is 32.1. The smallest absolute Gasteiger partial charge is 0.308 e. The van der Waals surface area contributed by atoms with Gasteiger partial charge in [0.25, 0.3) is 11.5 Å². The van der Waals surface area contributed by atoms with Gasteiger partial charge in [0.2, 0.25) is 0 Å². The van der Waals surface area contributed by atoms with E-state index in [4.69, 9.17) is 0 Å². The fourth-order valence-electron chi connectivity index (χ4n) is 3.19. The van der Waals surface area contributed by atoms with Gasteiger partial charge in [0.1, 0.15) is 5.56 Å². The van der Waals surface area contributed by atoms with Crippen LogP contribution in [0.25, 0.3) is 4.96 Å². The fourth-order valence-corrected chi connectivity index (χ4v) is 4.12. The molecular formula is C16H19N3O4S. The first-order valence-electron chi connectivity index (χ1n) is 7.79. The molecule has 2 aromatic heterocycles. The maximum Gasteiger partial charge on any atom is 0.308 e. The number of hydrogen-bond acceptors (Lipinski definition) is 5. The number of piperidine rings is 1. The predicted octanol–water partition coefficient (Wildman–Crippen LogP) is 1.56. The lowest BCUT2D eigenvalue weighted by molar-refractivity contribution is -0.143. The molecule has 1 amide bonds. The van der Waals surface area contributed by atoms with Gasteiger partial charge >= 0.3 is 5.97 Å². The molecule has 2 atom stereocenters. The predicted molar refractivity (Wildman–Crippen MR) is 89.6 cm³/mol. The van der Waals surface area contributed by atoms with E-state index in [-0.39, 0.29) is 18.0 Å². The lowest BCUT2D eigenvalue weighted by atomic mass is 9.90. The van der Waals surface area contributed by atoms with Gasteiger partial charge in [0.05, 0.1) is 5.92 Å². The van der Waals surface area contributed by atoms with E-state index in [9.17, 15) is 19.5 Å². The average Bonchev–Trinajstić information content (AvgIpc) is 2.82. The molecular weight excluding hydrogens is 330 g/mol. The minimum atomic E-state index is -0.908. The standard InChI is InChI=1S/C16H19N3O4S/c1-8-4-11(15(22)23)7-18(6-8)13(20)12-5-17-16-19(14(12)21)9(2)10(3)24-16/h5,8,11H,4,6-7H2,1-3H3,(H,22,23). The highest BCUT2D eigenvalue weighted by molar-refractivity contribution is 7.17. The summed E-state index contributed by atoms with van der Waals surface area (Å²) < 4.78 is 1.45. The second-order valence-electron chi connectivity index (χ2n) is 6.42. The van der Waals surface area contributed by atoms with Crippen molar-refractivity contribution in [3.63, 3.8) is 0 Å². The summed E-state index contributed by atoms with van der Waals surface area (Å²) in [5, 5.41) is 9.25. The lowest BCUT2D eigenvalue weighted by Gasteiger charge is -2.34. The van der Waals surface area contributed by atoms with Gasteiger partial charge in [-0.3, -0.25) is 18.8 Å². The minimum Gasteiger partial charge on any atom is -0.481 e. The molecule has 3 rings (SSSR count). The molecule has 7 nitrogen and oxygen atoms in total. The SMILES string of the molecule is Cc1sc2ncc(C(=O)N3CC(C)CC(C(=O)O)C3)c(=O)n2c1C. The molecule has 0 aliphatic carbocycles. The molecule has 0 bridgehead atoms. The molecule has 1 N–H and O–H groups in total. The largest absolute Gasteiger partial charge is 0.481 e. The molecule has 0 aromatic carbocycles. The number of carbonyl (C=O) groups is 2. The van der Waals surface area contributed by atoms with E-state index in [0.29, 0.717) is 17.9 Å². The molecule has 0 radical (unpaired) electrons. The number of aryl methyl sites for hydroxylation is 2. The van der Waals surface area contributed by atoms with Crippen molar-refractivity contribution in [1.82, 2.24) is 14.3 Å². The molecule has 1 aliphatic heterocycles. The van der Waals surface area contributed by atoms with E-state index in [2.05, 4.69) is 4.98 Å². The number of rotatable bonds is 2. The minimum absolute atomic E-state index is 0.00774. The van der Waals surface area contributed by atoms with Gasteiger partial charge in [-0.1, -0.05) is 6.92 Å². The normalized spacial score (nSPS) is 21.2. The molecule has 2 aromatic rings. The second kappa shape index (κ2) is 6.01. The highest BCUT2D eigenvalue weighted by Crippen LogP contribution is 2.23. The van der Waals surface area contributed by atoms with Crippen molar-refractivity contribution >= 4 is 28.2 Å². The summed E-state index contributed by atoms with van der Waals surface area (Å²) >= 11 is 1.40. The van der Waals surface area contributed by atoms with E-state index in [1.165, 1.54) is 26.8 Å². The molecule has 2 unspecified atom stereocenters.